The molecule has 3 heterocycles. The average molecular weight is 297 g/mol. The van der Waals surface area contributed by atoms with Gasteiger partial charge in [0, 0.05) is 24.8 Å². The summed E-state index contributed by atoms with van der Waals surface area (Å²) >= 11 is 0. The zero-order valence-electron chi connectivity index (χ0n) is 12.0. The average Bonchev–Trinajstić information content (AvgIpc) is 3.18. The van der Waals surface area contributed by atoms with E-state index in [1.54, 1.807) is 18.3 Å². The fourth-order valence-electron chi connectivity index (χ4n) is 3.57. The van der Waals surface area contributed by atoms with Gasteiger partial charge < -0.3 is 14.8 Å². The molecule has 0 spiro atoms. The highest BCUT2D eigenvalue weighted by Crippen LogP contribution is 2.26. The lowest BCUT2D eigenvalue weighted by atomic mass is 10.0. The van der Waals surface area contributed by atoms with Crippen molar-refractivity contribution in [2.45, 2.75) is 50.7 Å². The third kappa shape index (κ3) is 2.95. The lowest BCUT2D eigenvalue weighted by Gasteiger charge is -2.30. The molecule has 2 atom stereocenters. The Balaban J connectivity index is 1.76. The number of hydrogen-bond donors (Lipinski definition) is 1. The SMILES string of the molecule is O=C(c1cccn1CC(F)F)N1CCCC1C1CCCN1. The Morgan fingerprint density at radius 3 is 2.95 bits per heavy atom. The number of alkyl halides is 2. The van der Waals surface area contributed by atoms with Crippen LogP contribution >= 0.6 is 0 Å². The number of likely N-dealkylation sites (tertiary alicyclic amines) is 1. The Kier molecular flexibility index (Phi) is 4.24. The lowest BCUT2D eigenvalue weighted by Crippen LogP contribution is -2.47. The third-order valence-electron chi connectivity index (χ3n) is 4.51. The van der Waals surface area contributed by atoms with Gasteiger partial charge in [-0.2, -0.15) is 0 Å². The van der Waals surface area contributed by atoms with Crippen molar-refractivity contribution in [3.63, 3.8) is 0 Å². The molecule has 2 saturated heterocycles. The van der Waals surface area contributed by atoms with Crippen LogP contribution in [0, 0.1) is 0 Å². The Labute approximate surface area is 123 Å². The van der Waals surface area contributed by atoms with Crippen molar-refractivity contribution >= 4 is 5.91 Å². The first-order valence-corrected chi connectivity index (χ1v) is 7.64. The van der Waals surface area contributed by atoms with Crippen LogP contribution in [0.25, 0.3) is 0 Å². The summed E-state index contributed by atoms with van der Waals surface area (Å²) in [6.07, 6.45) is 3.33. The largest absolute Gasteiger partial charge is 0.338 e. The minimum absolute atomic E-state index is 0.114. The van der Waals surface area contributed by atoms with Gasteiger partial charge in [0.2, 0.25) is 0 Å². The molecule has 6 heteroatoms. The van der Waals surface area contributed by atoms with Crippen LogP contribution in [0.5, 0.6) is 0 Å². The number of rotatable bonds is 4. The second-order valence-electron chi connectivity index (χ2n) is 5.85. The molecule has 2 aliphatic rings. The maximum Gasteiger partial charge on any atom is 0.270 e. The van der Waals surface area contributed by atoms with Crippen molar-refractivity contribution in [3.05, 3.63) is 24.0 Å². The fraction of sp³-hybridized carbons (Fsp3) is 0.667. The smallest absolute Gasteiger partial charge is 0.270 e. The molecule has 2 aliphatic heterocycles. The molecule has 3 rings (SSSR count). The van der Waals surface area contributed by atoms with E-state index in [2.05, 4.69) is 5.32 Å². The topological polar surface area (TPSA) is 37.3 Å². The van der Waals surface area contributed by atoms with Crippen molar-refractivity contribution < 1.29 is 13.6 Å². The zero-order valence-corrected chi connectivity index (χ0v) is 12.0. The summed E-state index contributed by atoms with van der Waals surface area (Å²) in [5.74, 6) is -0.114. The van der Waals surface area contributed by atoms with Gasteiger partial charge in [0.25, 0.3) is 12.3 Å². The lowest BCUT2D eigenvalue weighted by molar-refractivity contribution is 0.0691. The maximum absolute atomic E-state index is 12.7. The molecule has 1 aromatic heterocycles. The number of nitrogens with zero attached hydrogens (tertiary/aromatic N) is 2. The van der Waals surface area contributed by atoms with E-state index in [0.29, 0.717) is 11.7 Å². The molecule has 0 aliphatic carbocycles. The number of carbonyl (C=O) groups excluding carboxylic acids is 1. The molecule has 1 amide bonds. The summed E-state index contributed by atoms with van der Waals surface area (Å²) in [5, 5.41) is 3.45. The Morgan fingerprint density at radius 2 is 2.24 bits per heavy atom. The highest BCUT2D eigenvalue weighted by molar-refractivity contribution is 5.93. The molecule has 1 aromatic rings. The Hall–Kier alpha value is -1.43. The highest BCUT2D eigenvalue weighted by Gasteiger charge is 2.36. The van der Waals surface area contributed by atoms with Crippen LogP contribution in [0.15, 0.2) is 18.3 Å². The first kappa shape index (κ1) is 14.5. The van der Waals surface area contributed by atoms with Crippen molar-refractivity contribution in [2.75, 3.05) is 13.1 Å². The molecule has 1 N–H and O–H groups in total. The normalized spacial score (nSPS) is 26.0. The van der Waals surface area contributed by atoms with Crippen molar-refractivity contribution in [3.8, 4) is 0 Å². The van der Waals surface area contributed by atoms with Crippen LogP contribution in [0.3, 0.4) is 0 Å². The summed E-state index contributed by atoms with van der Waals surface area (Å²) in [7, 11) is 0. The third-order valence-corrected chi connectivity index (χ3v) is 4.51. The minimum Gasteiger partial charge on any atom is -0.338 e. The van der Waals surface area contributed by atoms with Crippen LogP contribution in [0.2, 0.25) is 0 Å². The standard InChI is InChI=1S/C15H21F2N3O/c16-14(17)10-19-8-2-6-13(19)15(21)20-9-3-5-12(20)11-4-1-7-18-11/h2,6,8,11-12,14,18H,1,3-5,7,9-10H2. The van der Waals surface area contributed by atoms with E-state index in [4.69, 9.17) is 0 Å². The summed E-state index contributed by atoms with van der Waals surface area (Å²) in [6.45, 7) is 1.31. The summed E-state index contributed by atoms with van der Waals surface area (Å²) < 4.78 is 26.5. The molecular formula is C15H21F2N3O. The summed E-state index contributed by atoms with van der Waals surface area (Å²) in [4.78, 5) is 14.6. The van der Waals surface area contributed by atoms with Crippen molar-refractivity contribution in [1.82, 2.24) is 14.8 Å². The van der Waals surface area contributed by atoms with Crippen LogP contribution in [-0.4, -0.2) is 47.0 Å². The number of hydrogen-bond acceptors (Lipinski definition) is 2. The first-order valence-electron chi connectivity index (χ1n) is 7.64. The monoisotopic (exact) mass is 297 g/mol. The second kappa shape index (κ2) is 6.13. The number of halogens is 2. The van der Waals surface area contributed by atoms with E-state index in [1.165, 1.54) is 4.57 Å². The van der Waals surface area contributed by atoms with Gasteiger partial charge >= 0.3 is 0 Å². The quantitative estimate of drug-likeness (QED) is 0.924. The molecule has 0 radical (unpaired) electrons. The predicted octanol–water partition coefficient (Wildman–Crippen LogP) is 2.11. The Bertz CT molecular complexity index is 497. The molecule has 0 aromatic carbocycles. The molecule has 0 bridgehead atoms. The minimum atomic E-state index is -2.45. The van der Waals surface area contributed by atoms with Crippen LogP contribution in [0.1, 0.15) is 36.2 Å². The molecule has 0 saturated carbocycles. The summed E-state index contributed by atoms with van der Waals surface area (Å²) in [6, 6.07) is 3.86. The van der Waals surface area contributed by atoms with Crippen LogP contribution in [0.4, 0.5) is 8.78 Å². The van der Waals surface area contributed by atoms with E-state index < -0.39 is 13.0 Å². The van der Waals surface area contributed by atoms with Gasteiger partial charge in [-0.3, -0.25) is 4.79 Å². The molecule has 2 unspecified atom stereocenters. The number of nitrogens with one attached hydrogen (secondary N) is 1. The van der Waals surface area contributed by atoms with Gasteiger partial charge in [0.15, 0.2) is 0 Å². The van der Waals surface area contributed by atoms with Crippen molar-refractivity contribution in [1.29, 1.82) is 0 Å². The van der Waals surface area contributed by atoms with Crippen LogP contribution in [-0.2, 0) is 6.54 Å². The molecule has 4 nitrogen and oxygen atoms in total. The van der Waals surface area contributed by atoms with Gasteiger partial charge in [-0.05, 0) is 44.4 Å². The molecule has 116 valence electrons. The van der Waals surface area contributed by atoms with E-state index >= 15 is 0 Å². The van der Waals surface area contributed by atoms with Crippen molar-refractivity contribution in [2.24, 2.45) is 0 Å². The molecule has 21 heavy (non-hydrogen) atoms. The van der Waals surface area contributed by atoms with Crippen LogP contribution < -0.4 is 5.32 Å². The van der Waals surface area contributed by atoms with E-state index in [0.717, 1.165) is 38.8 Å². The Morgan fingerprint density at radius 1 is 1.38 bits per heavy atom. The van der Waals surface area contributed by atoms with E-state index in [9.17, 15) is 13.6 Å². The van der Waals surface area contributed by atoms with Gasteiger partial charge in [-0.25, -0.2) is 8.78 Å². The van der Waals surface area contributed by atoms with E-state index in [-0.39, 0.29) is 11.9 Å². The zero-order chi connectivity index (χ0) is 14.8. The summed E-state index contributed by atoms with van der Waals surface area (Å²) in [5.41, 5.74) is 0.375. The predicted molar refractivity (Wildman–Crippen MR) is 75.5 cm³/mol. The molecule has 2 fully saturated rings. The number of carbonyl (C=O) groups is 1. The number of amides is 1. The maximum atomic E-state index is 12.7. The number of aromatic nitrogens is 1. The van der Waals surface area contributed by atoms with Gasteiger partial charge in [0.1, 0.15) is 5.69 Å². The second-order valence-corrected chi connectivity index (χ2v) is 5.85. The van der Waals surface area contributed by atoms with E-state index in [1.807, 2.05) is 4.90 Å². The van der Waals surface area contributed by atoms with Gasteiger partial charge in [0.05, 0.1) is 6.54 Å². The van der Waals surface area contributed by atoms with Gasteiger partial charge in [-0.1, -0.05) is 0 Å². The first-order chi connectivity index (χ1) is 10.2. The highest BCUT2D eigenvalue weighted by atomic mass is 19.3. The van der Waals surface area contributed by atoms with Gasteiger partial charge in [-0.15, -0.1) is 0 Å². The fourth-order valence-corrected chi connectivity index (χ4v) is 3.57. The molecular weight excluding hydrogens is 276 g/mol.